The van der Waals surface area contributed by atoms with Gasteiger partial charge in [0.05, 0.1) is 13.2 Å². The highest BCUT2D eigenvalue weighted by Crippen LogP contribution is 2.26. The van der Waals surface area contributed by atoms with E-state index in [0.29, 0.717) is 13.2 Å². The Balaban J connectivity index is 2.25. The van der Waals surface area contributed by atoms with E-state index in [1.165, 1.54) is 0 Å². The molecule has 0 radical (unpaired) electrons. The third-order valence-corrected chi connectivity index (χ3v) is 3.16. The summed E-state index contributed by atoms with van der Waals surface area (Å²) in [7, 11) is 0. The zero-order chi connectivity index (χ0) is 12.3. The van der Waals surface area contributed by atoms with Gasteiger partial charge < -0.3 is 15.2 Å². The summed E-state index contributed by atoms with van der Waals surface area (Å²) in [4.78, 5) is 0. The first-order valence-corrected chi connectivity index (χ1v) is 7.16. The van der Waals surface area contributed by atoms with Crippen LogP contribution in [0.3, 0.4) is 0 Å². The molecule has 0 heterocycles. The van der Waals surface area contributed by atoms with Gasteiger partial charge in [0.1, 0.15) is 0 Å². The molecule has 0 aliphatic rings. The highest BCUT2D eigenvalue weighted by molar-refractivity contribution is 7.99. The molecule has 0 fully saturated rings. The van der Waals surface area contributed by atoms with Crippen LogP contribution in [-0.2, 0) is 0 Å². The van der Waals surface area contributed by atoms with Crippen molar-refractivity contribution in [2.75, 3.05) is 31.3 Å². The van der Waals surface area contributed by atoms with Crippen LogP contribution >= 0.6 is 11.8 Å². The number of hydrogen-bond acceptors (Lipinski definition) is 4. The molecule has 0 unspecified atom stereocenters. The Morgan fingerprint density at radius 3 is 2.47 bits per heavy atom. The minimum atomic E-state index is 0.658. The van der Waals surface area contributed by atoms with Crippen molar-refractivity contribution in [3.63, 3.8) is 0 Å². The summed E-state index contributed by atoms with van der Waals surface area (Å²) >= 11 is 1.87. The van der Waals surface area contributed by atoms with Crippen LogP contribution in [0.2, 0.25) is 0 Å². The first kappa shape index (κ1) is 14.2. The molecule has 96 valence electrons. The van der Waals surface area contributed by atoms with Crippen LogP contribution in [0.15, 0.2) is 24.3 Å². The summed E-state index contributed by atoms with van der Waals surface area (Å²) in [6.07, 6.45) is 1.07. The molecule has 0 aliphatic carbocycles. The summed E-state index contributed by atoms with van der Waals surface area (Å²) in [5, 5.41) is 0. The van der Waals surface area contributed by atoms with Crippen LogP contribution < -0.4 is 15.2 Å². The lowest BCUT2D eigenvalue weighted by Crippen LogP contribution is -2.04. The standard InChI is InChI=1S/C13H21NO2S/c1-2-15-12-6-3-4-7-13(12)16-9-11-17-10-5-8-14/h3-4,6-7H,2,5,8-11,14H2,1H3. The van der Waals surface area contributed by atoms with Crippen molar-refractivity contribution < 1.29 is 9.47 Å². The number of benzene rings is 1. The van der Waals surface area contributed by atoms with Gasteiger partial charge in [0, 0.05) is 5.75 Å². The maximum atomic E-state index is 5.69. The third kappa shape index (κ3) is 5.84. The Morgan fingerprint density at radius 1 is 1.12 bits per heavy atom. The fraction of sp³-hybridized carbons (Fsp3) is 0.538. The van der Waals surface area contributed by atoms with E-state index >= 15 is 0 Å². The molecular weight excluding hydrogens is 234 g/mol. The van der Waals surface area contributed by atoms with Gasteiger partial charge in [-0.25, -0.2) is 0 Å². The average Bonchev–Trinajstić information content (AvgIpc) is 2.36. The number of ether oxygens (including phenoxy) is 2. The van der Waals surface area contributed by atoms with E-state index in [0.717, 1.165) is 36.0 Å². The Labute approximate surface area is 108 Å². The molecule has 3 nitrogen and oxygen atoms in total. The van der Waals surface area contributed by atoms with Gasteiger partial charge in [0.25, 0.3) is 0 Å². The molecule has 4 heteroatoms. The van der Waals surface area contributed by atoms with Crippen LogP contribution in [0, 0.1) is 0 Å². The van der Waals surface area contributed by atoms with E-state index in [1.54, 1.807) is 0 Å². The molecule has 1 aromatic rings. The lowest BCUT2D eigenvalue weighted by molar-refractivity contribution is 0.289. The predicted octanol–water partition coefficient (Wildman–Crippen LogP) is 2.55. The van der Waals surface area contributed by atoms with Crippen LogP contribution in [0.1, 0.15) is 13.3 Å². The lowest BCUT2D eigenvalue weighted by atomic mass is 10.3. The Hall–Kier alpha value is -0.870. The molecule has 0 bridgehead atoms. The second kappa shape index (κ2) is 9.19. The van der Waals surface area contributed by atoms with Gasteiger partial charge in [-0.1, -0.05) is 12.1 Å². The summed E-state index contributed by atoms with van der Waals surface area (Å²) in [5.74, 6) is 3.74. The maximum absolute atomic E-state index is 5.69. The molecule has 0 spiro atoms. The fourth-order valence-corrected chi connectivity index (χ4v) is 2.12. The number of thioether (sulfide) groups is 1. The predicted molar refractivity (Wildman–Crippen MR) is 74.1 cm³/mol. The summed E-state index contributed by atoms with van der Waals surface area (Å²) < 4.78 is 11.2. The normalized spacial score (nSPS) is 10.2. The second-order valence-electron chi connectivity index (χ2n) is 3.48. The SMILES string of the molecule is CCOc1ccccc1OCCSCCCN. The van der Waals surface area contributed by atoms with Crippen LogP contribution in [0.5, 0.6) is 11.5 Å². The first-order chi connectivity index (χ1) is 8.38. The molecule has 2 N–H and O–H groups in total. The molecule has 0 aromatic heterocycles. The number of hydrogen-bond donors (Lipinski definition) is 1. The van der Waals surface area contributed by atoms with Gasteiger partial charge in [-0.05, 0) is 37.8 Å². The van der Waals surface area contributed by atoms with Crippen molar-refractivity contribution in [1.29, 1.82) is 0 Å². The maximum Gasteiger partial charge on any atom is 0.161 e. The number of nitrogens with two attached hydrogens (primary N) is 1. The van der Waals surface area contributed by atoms with E-state index in [1.807, 2.05) is 43.0 Å². The van der Waals surface area contributed by atoms with Crippen molar-refractivity contribution in [3.8, 4) is 11.5 Å². The first-order valence-electron chi connectivity index (χ1n) is 6.01. The van der Waals surface area contributed by atoms with Gasteiger partial charge in [0.15, 0.2) is 11.5 Å². The molecule has 1 aromatic carbocycles. The molecule has 0 saturated heterocycles. The van der Waals surface area contributed by atoms with E-state index in [4.69, 9.17) is 15.2 Å². The highest BCUT2D eigenvalue weighted by Gasteiger charge is 2.02. The molecule has 0 atom stereocenters. The van der Waals surface area contributed by atoms with Crippen molar-refractivity contribution in [2.45, 2.75) is 13.3 Å². The summed E-state index contributed by atoms with van der Waals surface area (Å²) in [5.41, 5.74) is 5.43. The van der Waals surface area contributed by atoms with Crippen molar-refractivity contribution >= 4 is 11.8 Å². The lowest BCUT2D eigenvalue weighted by Gasteiger charge is -2.11. The van der Waals surface area contributed by atoms with E-state index in [-0.39, 0.29) is 0 Å². The van der Waals surface area contributed by atoms with Crippen molar-refractivity contribution in [3.05, 3.63) is 24.3 Å². The molecule has 0 aliphatic heterocycles. The van der Waals surface area contributed by atoms with E-state index < -0.39 is 0 Å². The second-order valence-corrected chi connectivity index (χ2v) is 4.71. The number of rotatable bonds is 9. The molecule has 1 rings (SSSR count). The largest absolute Gasteiger partial charge is 0.490 e. The molecule has 0 amide bonds. The van der Waals surface area contributed by atoms with Crippen molar-refractivity contribution in [1.82, 2.24) is 0 Å². The molecule has 0 saturated carbocycles. The van der Waals surface area contributed by atoms with Gasteiger partial charge >= 0.3 is 0 Å². The zero-order valence-electron chi connectivity index (χ0n) is 10.4. The summed E-state index contributed by atoms with van der Waals surface area (Å²) in [6, 6.07) is 7.78. The van der Waals surface area contributed by atoms with E-state index in [2.05, 4.69) is 0 Å². The quantitative estimate of drug-likeness (QED) is 0.689. The fourth-order valence-electron chi connectivity index (χ4n) is 1.34. The summed E-state index contributed by atoms with van der Waals surface area (Å²) in [6.45, 7) is 4.10. The van der Waals surface area contributed by atoms with Crippen LogP contribution in [-0.4, -0.2) is 31.3 Å². The zero-order valence-corrected chi connectivity index (χ0v) is 11.2. The number of para-hydroxylation sites is 2. The molecule has 17 heavy (non-hydrogen) atoms. The van der Waals surface area contributed by atoms with Gasteiger partial charge in [-0.15, -0.1) is 0 Å². The van der Waals surface area contributed by atoms with Crippen LogP contribution in [0.4, 0.5) is 0 Å². The smallest absolute Gasteiger partial charge is 0.161 e. The molecular formula is C13H21NO2S. The monoisotopic (exact) mass is 255 g/mol. The minimum Gasteiger partial charge on any atom is -0.490 e. The Kier molecular flexibility index (Phi) is 7.67. The van der Waals surface area contributed by atoms with Crippen LogP contribution in [0.25, 0.3) is 0 Å². The van der Waals surface area contributed by atoms with Gasteiger partial charge in [0.2, 0.25) is 0 Å². The highest BCUT2D eigenvalue weighted by atomic mass is 32.2. The average molecular weight is 255 g/mol. The Morgan fingerprint density at radius 2 is 1.82 bits per heavy atom. The minimum absolute atomic E-state index is 0.658. The van der Waals surface area contributed by atoms with Crippen molar-refractivity contribution in [2.24, 2.45) is 5.73 Å². The van der Waals surface area contributed by atoms with Gasteiger partial charge in [-0.2, -0.15) is 11.8 Å². The Bertz CT molecular complexity index is 307. The third-order valence-electron chi connectivity index (χ3n) is 2.13. The topological polar surface area (TPSA) is 44.5 Å². The van der Waals surface area contributed by atoms with Gasteiger partial charge in [-0.3, -0.25) is 0 Å². The van der Waals surface area contributed by atoms with E-state index in [9.17, 15) is 0 Å².